The minimum absolute atomic E-state index is 0.112. The molecule has 0 amide bonds. The second-order valence-corrected chi connectivity index (χ2v) is 10.8. The van der Waals surface area contributed by atoms with Crippen LogP contribution in [0.4, 0.5) is 4.39 Å². The number of hydrogen-bond donors (Lipinski definition) is 1. The molecule has 0 spiro atoms. The first-order valence-corrected chi connectivity index (χ1v) is 13.2. The lowest BCUT2D eigenvalue weighted by Crippen LogP contribution is -2.20. The molecule has 3 aromatic rings. The standard InChI is InChI=1S/C33H37FO5/c1-6-33(2,3)32(36)29-16-21(10-14-26(29)28-18-24(37-4)13-15-30(28)34)20-39-25-9-7-8-23(17-25)27(22-11-12-22)19-31(35)38-5/h6-10,13-18,22,27,32,36H,1,11-12,19-20H2,2-5H3/t27-,32?/m1/s1. The Labute approximate surface area is 230 Å². The molecule has 0 aliphatic heterocycles. The van der Waals surface area contributed by atoms with Gasteiger partial charge in [0, 0.05) is 11.0 Å². The van der Waals surface area contributed by atoms with Gasteiger partial charge in [-0.25, -0.2) is 4.39 Å². The predicted octanol–water partition coefficient (Wildman–Crippen LogP) is 7.38. The highest BCUT2D eigenvalue weighted by atomic mass is 19.1. The van der Waals surface area contributed by atoms with Gasteiger partial charge in [0.25, 0.3) is 0 Å². The number of ether oxygens (including phenoxy) is 3. The highest BCUT2D eigenvalue weighted by Gasteiger charge is 2.34. The zero-order valence-electron chi connectivity index (χ0n) is 23.1. The summed E-state index contributed by atoms with van der Waals surface area (Å²) < 4.78 is 31.3. The Kier molecular flexibility index (Phi) is 8.76. The molecule has 206 valence electrons. The predicted molar refractivity (Wildman–Crippen MR) is 150 cm³/mol. The number of halogens is 1. The summed E-state index contributed by atoms with van der Waals surface area (Å²) in [6.45, 7) is 7.90. The number of methoxy groups -OCH3 is 2. The molecule has 1 saturated carbocycles. The van der Waals surface area contributed by atoms with Crippen LogP contribution in [0.25, 0.3) is 11.1 Å². The van der Waals surface area contributed by atoms with Gasteiger partial charge in [-0.1, -0.05) is 44.2 Å². The van der Waals surface area contributed by atoms with Gasteiger partial charge in [-0.15, -0.1) is 6.58 Å². The average Bonchev–Trinajstić information content (AvgIpc) is 3.80. The van der Waals surface area contributed by atoms with Crippen LogP contribution in [-0.4, -0.2) is 25.3 Å². The Hall–Kier alpha value is -3.64. The van der Waals surface area contributed by atoms with Gasteiger partial charge in [-0.3, -0.25) is 4.79 Å². The van der Waals surface area contributed by atoms with Crippen LogP contribution in [0.2, 0.25) is 0 Å². The fraction of sp³-hybridized carbons (Fsp3) is 0.364. The third-order valence-corrected chi connectivity index (χ3v) is 7.60. The SMILES string of the molecule is C=CC(C)(C)C(O)c1cc(COc2cccc([C@H](CC(=O)OC)C3CC3)c2)ccc1-c1cc(OC)ccc1F. The van der Waals surface area contributed by atoms with Crippen LogP contribution in [0.15, 0.2) is 73.3 Å². The third kappa shape index (κ3) is 6.69. The summed E-state index contributed by atoms with van der Waals surface area (Å²) >= 11 is 0. The molecule has 4 rings (SSSR count). The van der Waals surface area contributed by atoms with E-state index in [0.29, 0.717) is 40.5 Å². The minimum Gasteiger partial charge on any atom is -0.497 e. The van der Waals surface area contributed by atoms with Crippen molar-refractivity contribution in [3.05, 3.63) is 95.8 Å². The van der Waals surface area contributed by atoms with Crippen molar-refractivity contribution in [3.8, 4) is 22.6 Å². The molecule has 1 aliphatic rings. The van der Waals surface area contributed by atoms with Gasteiger partial charge in [0.05, 0.1) is 26.7 Å². The number of aliphatic hydroxyl groups is 1. The van der Waals surface area contributed by atoms with Crippen molar-refractivity contribution in [2.24, 2.45) is 11.3 Å². The topological polar surface area (TPSA) is 65.0 Å². The largest absolute Gasteiger partial charge is 0.497 e. The maximum Gasteiger partial charge on any atom is 0.306 e. The lowest BCUT2D eigenvalue weighted by Gasteiger charge is -2.29. The van der Waals surface area contributed by atoms with Crippen LogP contribution in [0.3, 0.4) is 0 Å². The van der Waals surface area contributed by atoms with Gasteiger partial charge in [0.15, 0.2) is 0 Å². The van der Waals surface area contributed by atoms with Crippen LogP contribution < -0.4 is 9.47 Å². The summed E-state index contributed by atoms with van der Waals surface area (Å²) in [6, 6.07) is 18.0. The summed E-state index contributed by atoms with van der Waals surface area (Å²) in [5, 5.41) is 11.4. The zero-order valence-corrected chi connectivity index (χ0v) is 23.1. The zero-order chi connectivity index (χ0) is 28.2. The first-order valence-electron chi connectivity index (χ1n) is 13.2. The van der Waals surface area contributed by atoms with Crippen molar-refractivity contribution >= 4 is 5.97 Å². The highest BCUT2D eigenvalue weighted by Crippen LogP contribution is 2.45. The Bertz CT molecular complexity index is 1330. The quantitative estimate of drug-likeness (QED) is 0.195. The summed E-state index contributed by atoms with van der Waals surface area (Å²) in [5.41, 5.74) is 2.74. The molecule has 1 N–H and O–H groups in total. The van der Waals surface area contributed by atoms with Crippen LogP contribution >= 0.6 is 0 Å². The monoisotopic (exact) mass is 532 g/mol. The molecule has 1 fully saturated rings. The Morgan fingerprint density at radius 1 is 1.08 bits per heavy atom. The fourth-order valence-electron chi connectivity index (χ4n) is 4.84. The van der Waals surface area contributed by atoms with Crippen molar-refractivity contribution in [2.45, 2.75) is 51.7 Å². The molecular formula is C33H37FO5. The van der Waals surface area contributed by atoms with Crippen LogP contribution in [-0.2, 0) is 16.1 Å². The van der Waals surface area contributed by atoms with E-state index in [1.165, 1.54) is 20.3 Å². The normalized spacial score (nSPS) is 14.8. The van der Waals surface area contributed by atoms with E-state index in [0.717, 1.165) is 24.0 Å². The summed E-state index contributed by atoms with van der Waals surface area (Å²) in [6.07, 6.45) is 3.34. The number of aliphatic hydroxyl groups excluding tert-OH is 1. The molecule has 1 unspecified atom stereocenters. The fourth-order valence-corrected chi connectivity index (χ4v) is 4.84. The van der Waals surface area contributed by atoms with Crippen LogP contribution in [0, 0.1) is 17.2 Å². The van der Waals surface area contributed by atoms with E-state index in [1.54, 1.807) is 18.2 Å². The number of hydrogen-bond acceptors (Lipinski definition) is 5. The average molecular weight is 533 g/mol. The lowest BCUT2D eigenvalue weighted by atomic mass is 9.79. The molecule has 2 atom stereocenters. The Morgan fingerprint density at radius 3 is 2.51 bits per heavy atom. The molecule has 0 heterocycles. The number of esters is 1. The summed E-state index contributed by atoms with van der Waals surface area (Å²) in [4.78, 5) is 12.0. The van der Waals surface area contributed by atoms with Crippen molar-refractivity contribution in [3.63, 3.8) is 0 Å². The van der Waals surface area contributed by atoms with Crippen molar-refractivity contribution < 1.29 is 28.5 Å². The third-order valence-electron chi connectivity index (χ3n) is 7.60. The molecular weight excluding hydrogens is 495 g/mol. The molecule has 0 aromatic heterocycles. The van der Waals surface area contributed by atoms with Crippen molar-refractivity contribution in [1.82, 2.24) is 0 Å². The van der Waals surface area contributed by atoms with Gasteiger partial charge in [0.2, 0.25) is 0 Å². The second kappa shape index (κ2) is 12.0. The second-order valence-electron chi connectivity index (χ2n) is 10.8. The van der Waals surface area contributed by atoms with Gasteiger partial charge in [-0.2, -0.15) is 0 Å². The number of carbonyl (C=O) groups excluding carboxylic acids is 1. The van der Waals surface area contributed by atoms with E-state index in [-0.39, 0.29) is 18.5 Å². The van der Waals surface area contributed by atoms with Gasteiger partial charge < -0.3 is 19.3 Å². The number of carbonyl (C=O) groups is 1. The van der Waals surface area contributed by atoms with Crippen molar-refractivity contribution in [1.29, 1.82) is 0 Å². The smallest absolute Gasteiger partial charge is 0.306 e. The molecule has 39 heavy (non-hydrogen) atoms. The van der Waals surface area contributed by atoms with Crippen molar-refractivity contribution in [2.75, 3.05) is 14.2 Å². The van der Waals surface area contributed by atoms with Gasteiger partial charge in [0.1, 0.15) is 23.9 Å². The maximum atomic E-state index is 14.9. The first kappa shape index (κ1) is 28.4. The summed E-state index contributed by atoms with van der Waals surface area (Å²) in [7, 11) is 2.95. The lowest BCUT2D eigenvalue weighted by molar-refractivity contribution is -0.141. The first-order chi connectivity index (χ1) is 18.7. The molecule has 0 saturated heterocycles. The highest BCUT2D eigenvalue weighted by molar-refractivity contribution is 5.71. The van der Waals surface area contributed by atoms with E-state index in [1.807, 2.05) is 56.3 Å². The van der Waals surface area contributed by atoms with E-state index in [2.05, 4.69) is 6.58 Å². The Morgan fingerprint density at radius 2 is 1.85 bits per heavy atom. The van der Waals surface area contributed by atoms with E-state index >= 15 is 0 Å². The number of benzene rings is 3. The van der Waals surface area contributed by atoms with E-state index in [4.69, 9.17) is 14.2 Å². The minimum atomic E-state index is -0.934. The molecule has 3 aromatic carbocycles. The molecule has 0 bridgehead atoms. The molecule has 5 nitrogen and oxygen atoms in total. The number of rotatable bonds is 12. The molecule has 1 aliphatic carbocycles. The summed E-state index contributed by atoms with van der Waals surface area (Å²) in [5.74, 6) is 1.21. The van der Waals surface area contributed by atoms with Crippen LogP contribution in [0.5, 0.6) is 11.5 Å². The van der Waals surface area contributed by atoms with Gasteiger partial charge >= 0.3 is 5.97 Å². The Balaban J connectivity index is 1.62. The maximum absolute atomic E-state index is 14.9. The van der Waals surface area contributed by atoms with Crippen LogP contribution in [0.1, 0.15) is 61.8 Å². The molecule has 6 heteroatoms. The van der Waals surface area contributed by atoms with Gasteiger partial charge in [-0.05, 0) is 83.3 Å². The molecule has 0 radical (unpaired) electrons. The van der Waals surface area contributed by atoms with E-state index < -0.39 is 17.3 Å². The van der Waals surface area contributed by atoms with E-state index in [9.17, 15) is 14.3 Å².